The van der Waals surface area contributed by atoms with Crippen molar-refractivity contribution in [3.05, 3.63) is 48.4 Å². The molecule has 1 aromatic carbocycles. The summed E-state index contributed by atoms with van der Waals surface area (Å²) in [4.78, 5) is 11.2. The Labute approximate surface area is 112 Å². The van der Waals surface area contributed by atoms with Gasteiger partial charge in [0, 0.05) is 12.7 Å². The van der Waals surface area contributed by atoms with E-state index < -0.39 is 0 Å². The van der Waals surface area contributed by atoms with Crippen molar-refractivity contribution in [2.24, 2.45) is 0 Å². The lowest BCUT2D eigenvalue weighted by Crippen LogP contribution is -2.02. The summed E-state index contributed by atoms with van der Waals surface area (Å²) in [5.74, 6) is 1.56. The lowest BCUT2D eigenvalue weighted by atomic mass is 10.2. The number of hydrogen-bond acceptors (Lipinski definition) is 4. The predicted molar refractivity (Wildman–Crippen MR) is 74.2 cm³/mol. The molecule has 0 spiro atoms. The highest BCUT2D eigenvalue weighted by molar-refractivity contribution is 5.86. The van der Waals surface area contributed by atoms with Crippen molar-refractivity contribution in [1.82, 2.24) is 15.0 Å². The summed E-state index contributed by atoms with van der Waals surface area (Å²) in [6, 6.07) is 9.55. The molecule has 0 bridgehead atoms. The number of anilines is 1. The van der Waals surface area contributed by atoms with Crippen molar-refractivity contribution in [3.63, 3.8) is 0 Å². The highest BCUT2D eigenvalue weighted by Gasteiger charge is 2.03. The molecule has 0 saturated heterocycles. The standard InChI is InChI=1S/C14H14N4O/c1-19-11-4-2-10(3-5-11)8-16-14-12-6-7-15-13(12)17-9-18-14/h2-7,9H,8H2,1H3,(H2,15,16,17,18)/i7D. The molecule has 0 saturated carbocycles. The normalized spacial score (nSPS) is 11.3. The molecule has 0 aliphatic rings. The largest absolute Gasteiger partial charge is 0.497 e. The van der Waals surface area contributed by atoms with Gasteiger partial charge in [-0.2, -0.15) is 0 Å². The summed E-state index contributed by atoms with van der Waals surface area (Å²) in [6.07, 6.45) is 1.81. The minimum absolute atomic E-state index is 0.327. The second-order valence-electron chi connectivity index (χ2n) is 4.10. The number of H-pyrrole nitrogens is 1. The van der Waals surface area contributed by atoms with Gasteiger partial charge in [-0.05, 0) is 23.8 Å². The number of rotatable bonds is 4. The van der Waals surface area contributed by atoms with E-state index in [9.17, 15) is 0 Å². The number of benzene rings is 1. The Kier molecular flexibility index (Phi) is 2.72. The van der Waals surface area contributed by atoms with Gasteiger partial charge in [-0.25, -0.2) is 9.97 Å². The molecule has 0 fully saturated rings. The van der Waals surface area contributed by atoms with Gasteiger partial charge >= 0.3 is 0 Å². The number of methoxy groups -OCH3 is 1. The first-order valence-electron chi connectivity index (χ1n) is 6.43. The van der Waals surface area contributed by atoms with E-state index in [2.05, 4.69) is 20.3 Å². The van der Waals surface area contributed by atoms with E-state index in [0.29, 0.717) is 18.4 Å². The Bertz CT molecular complexity index is 724. The molecular weight excluding hydrogens is 240 g/mol. The maximum Gasteiger partial charge on any atom is 0.142 e. The van der Waals surface area contributed by atoms with Gasteiger partial charge in [0.05, 0.1) is 13.9 Å². The fraction of sp³-hybridized carbons (Fsp3) is 0.143. The van der Waals surface area contributed by atoms with Crippen molar-refractivity contribution in [2.45, 2.75) is 6.54 Å². The fourth-order valence-electron chi connectivity index (χ4n) is 1.88. The Morgan fingerprint density at radius 3 is 2.89 bits per heavy atom. The molecule has 96 valence electrons. The van der Waals surface area contributed by atoms with Crippen LogP contribution >= 0.6 is 0 Å². The average Bonchev–Trinajstić information content (AvgIpc) is 2.86. The Balaban J connectivity index is 1.79. The molecule has 0 aliphatic heterocycles. The maximum absolute atomic E-state index is 7.60. The summed E-state index contributed by atoms with van der Waals surface area (Å²) in [5, 5.41) is 4.08. The molecule has 0 atom stereocenters. The molecule has 3 rings (SSSR count). The van der Waals surface area contributed by atoms with Gasteiger partial charge in [-0.1, -0.05) is 12.1 Å². The monoisotopic (exact) mass is 255 g/mol. The van der Waals surface area contributed by atoms with Gasteiger partial charge in [0.1, 0.15) is 23.5 Å². The molecule has 2 aromatic heterocycles. The number of hydrogen-bond donors (Lipinski definition) is 2. The molecule has 0 amide bonds. The Hall–Kier alpha value is -2.56. The van der Waals surface area contributed by atoms with Gasteiger partial charge in [0.2, 0.25) is 0 Å². The van der Waals surface area contributed by atoms with E-state index in [0.717, 1.165) is 22.5 Å². The van der Waals surface area contributed by atoms with Crippen LogP contribution in [-0.2, 0) is 6.54 Å². The van der Waals surface area contributed by atoms with Crippen LogP contribution in [0.2, 0.25) is 0 Å². The molecular formula is C14H14N4O. The summed E-state index contributed by atoms with van der Waals surface area (Å²) < 4.78 is 12.7. The van der Waals surface area contributed by atoms with Gasteiger partial charge in [0.25, 0.3) is 0 Å². The third-order valence-electron chi connectivity index (χ3n) is 2.91. The zero-order valence-corrected chi connectivity index (χ0v) is 10.5. The first kappa shape index (κ1) is 10.4. The third-order valence-corrected chi connectivity index (χ3v) is 2.91. The maximum atomic E-state index is 7.60. The van der Waals surface area contributed by atoms with Crippen molar-refractivity contribution in [2.75, 3.05) is 12.4 Å². The molecule has 5 nitrogen and oxygen atoms in total. The van der Waals surface area contributed by atoms with Crippen molar-refractivity contribution in [1.29, 1.82) is 0 Å². The van der Waals surface area contributed by atoms with E-state index in [1.165, 1.54) is 6.33 Å². The van der Waals surface area contributed by atoms with Crippen molar-refractivity contribution >= 4 is 16.9 Å². The zero-order valence-electron chi connectivity index (χ0n) is 11.5. The van der Waals surface area contributed by atoms with Crippen LogP contribution in [0.25, 0.3) is 11.0 Å². The van der Waals surface area contributed by atoms with Crippen LogP contribution in [0.3, 0.4) is 0 Å². The molecule has 0 radical (unpaired) electrons. The number of nitrogens with zero attached hydrogens (tertiary/aromatic N) is 2. The first-order valence-corrected chi connectivity index (χ1v) is 5.93. The summed E-state index contributed by atoms with van der Waals surface area (Å²) in [5.41, 5.74) is 1.79. The van der Waals surface area contributed by atoms with Crippen LogP contribution < -0.4 is 10.1 Å². The zero-order chi connectivity index (χ0) is 13.9. The quantitative estimate of drug-likeness (QED) is 0.752. The van der Waals surface area contributed by atoms with E-state index in [1.807, 2.05) is 24.3 Å². The minimum atomic E-state index is 0.327. The van der Waals surface area contributed by atoms with Gasteiger partial charge in [-0.15, -0.1) is 0 Å². The van der Waals surface area contributed by atoms with Crippen LogP contribution in [0.5, 0.6) is 5.75 Å². The topological polar surface area (TPSA) is 62.8 Å². The first-order chi connectivity index (χ1) is 9.76. The fourth-order valence-corrected chi connectivity index (χ4v) is 1.88. The predicted octanol–water partition coefficient (Wildman–Crippen LogP) is 2.58. The molecule has 2 N–H and O–H groups in total. The number of aromatic amines is 1. The summed E-state index contributed by atoms with van der Waals surface area (Å²) in [6.45, 7) is 0.647. The highest BCUT2D eigenvalue weighted by atomic mass is 16.5. The molecule has 2 heterocycles. The average molecular weight is 255 g/mol. The lowest BCUT2D eigenvalue weighted by molar-refractivity contribution is 0.414. The molecule has 0 unspecified atom stereocenters. The van der Waals surface area contributed by atoms with Gasteiger partial charge < -0.3 is 15.0 Å². The Morgan fingerprint density at radius 1 is 1.26 bits per heavy atom. The lowest BCUT2D eigenvalue weighted by Gasteiger charge is -2.07. The van der Waals surface area contributed by atoms with Crippen LogP contribution in [0, 0.1) is 0 Å². The molecule has 19 heavy (non-hydrogen) atoms. The summed E-state index contributed by atoms with van der Waals surface area (Å²) in [7, 11) is 1.65. The minimum Gasteiger partial charge on any atom is -0.497 e. The van der Waals surface area contributed by atoms with Crippen LogP contribution in [0.4, 0.5) is 5.82 Å². The molecule has 3 aromatic rings. The van der Waals surface area contributed by atoms with E-state index in [1.54, 1.807) is 13.2 Å². The second kappa shape index (κ2) is 4.97. The van der Waals surface area contributed by atoms with E-state index >= 15 is 0 Å². The molecule has 0 aliphatic carbocycles. The van der Waals surface area contributed by atoms with Crippen LogP contribution in [0.1, 0.15) is 6.93 Å². The number of aromatic nitrogens is 3. The second-order valence-corrected chi connectivity index (χ2v) is 4.10. The highest BCUT2D eigenvalue weighted by Crippen LogP contribution is 2.18. The number of nitrogens with one attached hydrogen (secondary N) is 2. The van der Waals surface area contributed by atoms with E-state index in [-0.39, 0.29) is 0 Å². The SMILES string of the molecule is [2H]c1cc2c(NCc3ccc(OC)cc3)ncnc2[nH]1. The smallest absolute Gasteiger partial charge is 0.142 e. The van der Waals surface area contributed by atoms with Crippen LogP contribution in [0.15, 0.2) is 42.8 Å². The van der Waals surface area contributed by atoms with Gasteiger partial charge in [-0.3, -0.25) is 0 Å². The number of ether oxygens (including phenoxy) is 1. The molecule has 5 heteroatoms. The third kappa shape index (κ3) is 2.35. The van der Waals surface area contributed by atoms with Crippen molar-refractivity contribution < 1.29 is 6.11 Å². The van der Waals surface area contributed by atoms with Gasteiger partial charge in [0.15, 0.2) is 0 Å². The summed E-state index contributed by atoms with van der Waals surface area (Å²) >= 11 is 0. The Morgan fingerprint density at radius 2 is 2.11 bits per heavy atom. The number of fused-ring (bicyclic) bond motifs is 1. The van der Waals surface area contributed by atoms with Crippen molar-refractivity contribution in [3.8, 4) is 5.75 Å². The van der Waals surface area contributed by atoms with Crippen LogP contribution in [-0.4, -0.2) is 22.1 Å². The van der Waals surface area contributed by atoms with E-state index in [4.69, 9.17) is 6.11 Å².